The summed E-state index contributed by atoms with van der Waals surface area (Å²) in [4.78, 5) is 15.9. The SMILES string of the molecule is CC1CCN(c2ccc(Nc3nc(-c4ccccn4)cs3)nc2)CC1. The zero-order valence-electron chi connectivity index (χ0n) is 14.2. The molecule has 1 fully saturated rings. The molecule has 4 heterocycles. The Labute approximate surface area is 151 Å². The summed E-state index contributed by atoms with van der Waals surface area (Å²) in [5, 5.41) is 6.12. The molecule has 3 aromatic rings. The average Bonchev–Trinajstić information content (AvgIpc) is 3.12. The third kappa shape index (κ3) is 3.79. The third-order valence-corrected chi connectivity index (χ3v) is 5.32. The molecule has 6 heteroatoms. The molecule has 128 valence electrons. The Morgan fingerprint density at radius 3 is 2.68 bits per heavy atom. The smallest absolute Gasteiger partial charge is 0.188 e. The number of thiazole rings is 1. The highest BCUT2D eigenvalue weighted by atomic mass is 32.1. The van der Waals surface area contributed by atoms with Crippen LogP contribution in [0.1, 0.15) is 19.8 Å². The zero-order chi connectivity index (χ0) is 17.1. The first-order valence-corrected chi connectivity index (χ1v) is 9.51. The van der Waals surface area contributed by atoms with E-state index >= 15 is 0 Å². The normalized spacial score (nSPS) is 15.3. The second-order valence-electron chi connectivity index (χ2n) is 6.45. The minimum atomic E-state index is 0.816. The first kappa shape index (κ1) is 16.0. The van der Waals surface area contributed by atoms with E-state index in [-0.39, 0.29) is 0 Å². The van der Waals surface area contributed by atoms with E-state index in [0.29, 0.717) is 0 Å². The Morgan fingerprint density at radius 1 is 1.08 bits per heavy atom. The lowest BCUT2D eigenvalue weighted by molar-refractivity contribution is 0.438. The van der Waals surface area contributed by atoms with Crippen molar-refractivity contribution in [3.05, 3.63) is 48.1 Å². The lowest BCUT2D eigenvalue weighted by Gasteiger charge is -2.31. The van der Waals surface area contributed by atoms with Crippen LogP contribution in [0.3, 0.4) is 0 Å². The maximum absolute atomic E-state index is 4.59. The Balaban J connectivity index is 1.42. The number of nitrogens with zero attached hydrogens (tertiary/aromatic N) is 4. The molecular weight excluding hydrogens is 330 g/mol. The van der Waals surface area contributed by atoms with Gasteiger partial charge < -0.3 is 10.2 Å². The molecule has 0 bridgehead atoms. The number of anilines is 3. The van der Waals surface area contributed by atoms with E-state index in [9.17, 15) is 0 Å². The molecule has 4 rings (SSSR count). The Bertz CT molecular complexity index is 807. The highest BCUT2D eigenvalue weighted by Gasteiger charge is 2.16. The van der Waals surface area contributed by atoms with Gasteiger partial charge in [-0.15, -0.1) is 11.3 Å². The molecule has 0 unspecified atom stereocenters. The first-order valence-electron chi connectivity index (χ1n) is 8.63. The molecule has 3 aromatic heterocycles. The van der Waals surface area contributed by atoms with Gasteiger partial charge in [0.15, 0.2) is 5.13 Å². The van der Waals surface area contributed by atoms with Crippen molar-refractivity contribution < 1.29 is 0 Å². The molecule has 0 amide bonds. The molecule has 0 aromatic carbocycles. The lowest BCUT2D eigenvalue weighted by Crippen LogP contribution is -2.32. The largest absolute Gasteiger partial charge is 0.370 e. The second-order valence-corrected chi connectivity index (χ2v) is 7.31. The van der Waals surface area contributed by atoms with Crippen molar-refractivity contribution in [3.63, 3.8) is 0 Å². The number of aromatic nitrogens is 3. The van der Waals surface area contributed by atoms with Crippen LogP contribution in [-0.2, 0) is 0 Å². The summed E-state index contributed by atoms with van der Waals surface area (Å²) in [5.41, 5.74) is 2.97. The molecule has 0 atom stereocenters. The van der Waals surface area contributed by atoms with Gasteiger partial charge in [-0.2, -0.15) is 0 Å². The van der Waals surface area contributed by atoms with E-state index in [1.807, 2.05) is 35.8 Å². The van der Waals surface area contributed by atoms with Crippen LogP contribution in [0.5, 0.6) is 0 Å². The van der Waals surface area contributed by atoms with E-state index in [1.165, 1.54) is 18.5 Å². The second kappa shape index (κ2) is 7.19. The first-order chi connectivity index (χ1) is 12.3. The van der Waals surface area contributed by atoms with Crippen LogP contribution in [0.15, 0.2) is 48.1 Å². The van der Waals surface area contributed by atoms with Crippen molar-refractivity contribution in [2.24, 2.45) is 5.92 Å². The van der Waals surface area contributed by atoms with Gasteiger partial charge in [0.2, 0.25) is 0 Å². The maximum atomic E-state index is 4.59. The van der Waals surface area contributed by atoms with E-state index in [1.54, 1.807) is 17.5 Å². The summed E-state index contributed by atoms with van der Waals surface area (Å²) < 4.78 is 0. The van der Waals surface area contributed by atoms with Gasteiger partial charge in [0.05, 0.1) is 17.6 Å². The predicted molar refractivity (Wildman–Crippen MR) is 103 cm³/mol. The monoisotopic (exact) mass is 351 g/mol. The molecule has 1 aliphatic rings. The van der Waals surface area contributed by atoms with Crippen LogP contribution in [0.25, 0.3) is 11.4 Å². The fraction of sp³-hybridized carbons (Fsp3) is 0.316. The summed E-state index contributed by atoms with van der Waals surface area (Å²) >= 11 is 1.56. The van der Waals surface area contributed by atoms with Crippen molar-refractivity contribution >= 4 is 28.0 Å². The molecule has 0 radical (unpaired) electrons. The molecule has 0 aliphatic carbocycles. The van der Waals surface area contributed by atoms with E-state index in [2.05, 4.69) is 38.2 Å². The van der Waals surface area contributed by atoms with Crippen LogP contribution in [-0.4, -0.2) is 28.0 Å². The van der Waals surface area contributed by atoms with Gasteiger partial charge in [-0.3, -0.25) is 4.98 Å². The van der Waals surface area contributed by atoms with E-state index in [0.717, 1.165) is 41.3 Å². The van der Waals surface area contributed by atoms with E-state index in [4.69, 9.17) is 0 Å². The summed E-state index contributed by atoms with van der Waals surface area (Å²) in [7, 11) is 0. The molecule has 1 aliphatic heterocycles. The maximum Gasteiger partial charge on any atom is 0.188 e. The highest BCUT2D eigenvalue weighted by Crippen LogP contribution is 2.27. The summed E-state index contributed by atoms with van der Waals surface area (Å²) in [6.07, 6.45) is 6.25. The molecule has 0 spiro atoms. The minimum absolute atomic E-state index is 0.816. The van der Waals surface area contributed by atoms with Crippen molar-refractivity contribution in [1.82, 2.24) is 15.0 Å². The fourth-order valence-electron chi connectivity index (χ4n) is 2.99. The minimum Gasteiger partial charge on any atom is -0.370 e. The predicted octanol–water partition coefficient (Wildman–Crippen LogP) is 4.58. The zero-order valence-corrected chi connectivity index (χ0v) is 15.0. The number of hydrogen-bond acceptors (Lipinski definition) is 6. The van der Waals surface area contributed by atoms with Gasteiger partial charge in [-0.1, -0.05) is 13.0 Å². The number of hydrogen-bond donors (Lipinski definition) is 1. The third-order valence-electron chi connectivity index (χ3n) is 4.56. The Hall–Kier alpha value is -2.47. The number of nitrogens with one attached hydrogen (secondary N) is 1. The van der Waals surface area contributed by atoms with Gasteiger partial charge in [0.1, 0.15) is 11.5 Å². The standard InChI is InChI=1S/C19H21N5S/c1-14-7-10-24(11-8-14)15-5-6-18(21-12-15)23-19-22-17(13-25-19)16-4-2-3-9-20-16/h2-6,9,12-14H,7-8,10-11H2,1H3,(H,21,22,23). The molecular formula is C19H21N5S. The molecule has 1 saturated heterocycles. The quantitative estimate of drug-likeness (QED) is 0.745. The molecule has 5 nitrogen and oxygen atoms in total. The molecule has 0 saturated carbocycles. The van der Waals surface area contributed by atoms with Crippen molar-refractivity contribution in [1.29, 1.82) is 0 Å². The van der Waals surface area contributed by atoms with Crippen molar-refractivity contribution in [3.8, 4) is 11.4 Å². The van der Waals surface area contributed by atoms with Crippen molar-refractivity contribution in [2.45, 2.75) is 19.8 Å². The summed E-state index contributed by atoms with van der Waals surface area (Å²) in [6.45, 7) is 4.57. The van der Waals surface area contributed by atoms with Crippen LogP contribution in [0, 0.1) is 5.92 Å². The number of piperidine rings is 1. The summed E-state index contributed by atoms with van der Waals surface area (Å²) in [5.74, 6) is 1.65. The van der Waals surface area contributed by atoms with Crippen LogP contribution < -0.4 is 10.2 Å². The van der Waals surface area contributed by atoms with Crippen LogP contribution in [0.2, 0.25) is 0 Å². The average molecular weight is 351 g/mol. The van der Waals surface area contributed by atoms with E-state index < -0.39 is 0 Å². The Kier molecular flexibility index (Phi) is 4.61. The molecule has 25 heavy (non-hydrogen) atoms. The van der Waals surface area contributed by atoms with Gasteiger partial charge in [0, 0.05) is 24.7 Å². The highest BCUT2D eigenvalue weighted by molar-refractivity contribution is 7.14. The van der Waals surface area contributed by atoms with Crippen molar-refractivity contribution in [2.75, 3.05) is 23.3 Å². The van der Waals surface area contributed by atoms with Crippen LogP contribution >= 0.6 is 11.3 Å². The fourth-order valence-corrected chi connectivity index (χ4v) is 3.70. The molecule has 1 N–H and O–H groups in total. The van der Waals surface area contributed by atoms with Gasteiger partial charge >= 0.3 is 0 Å². The Morgan fingerprint density at radius 2 is 1.96 bits per heavy atom. The van der Waals surface area contributed by atoms with Crippen LogP contribution in [0.4, 0.5) is 16.6 Å². The van der Waals surface area contributed by atoms with Gasteiger partial charge in [-0.05, 0) is 43.0 Å². The van der Waals surface area contributed by atoms with Gasteiger partial charge in [-0.25, -0.2) is 9.97 Å². The van der Waals surface area contributed by atoms with Gasteiger partial charge in [0.25, 0.3) is 0 Å². The summed E-state index contributed by atoms with van der Waals surface area (Å²) in [6, 6.07) is 10.00. The lowest BCUT2D eigenvalue weighted by atomic mass is 9.99. The number of rotatable bonds is 4. The number of pyridine rings is 2. The topological polar surface area (TPSA) is 53.9 Å².